The molecular formula is C11H13Cl3N2O. The third-order valence-corrected chi connectivity index (χ3v) is 2.75. The minimum Gasteiger partial charge on any atom is -0.332 e. The van der Waals surface area contributed by atoms with E-state index >= 15 is 0 Å². The molecule has 94 valence electrons. The molecular weight excluding hydrogens is 282 g/mol. The Hall–Kier alpha value is -0.480. The van der Waals surface area contributed by atoms with Crippen molar-refractivity contribution in [1.29, 1.82) is 0 Å². The smallest absolute Gasteiger partial charge is 0.252 e. The molecule has 0 heterocycles. The molecule has 1 aromatic rings. The molecule has 0 aromatic heterocycles. The molecule has 0 fully saturated rings. The second-order valence-electron chi connectivity index (χ2n) is 3.75. The van der Waals surface area contributed by atoms with Crippen molar-refractivity contribution in [2.24, 2.45) is 0 Å². The van der Waals surface area contributed by atoms with Crippen molar-refractivity contribution in [2.75, 3.05) is 14.1 Å². The maximum atomic E-state index is 11.9. The van der Waals surface area contributed by atoms with Gasteiger partial charge >= 0.3 is 0 Å². The molecule has 0 spiro atoms. The molecule has 1 N–H and O–H groups in total. The lowest BCUT2D eigenvalue weighted by Crippen LogP contribution is -2.52. The summed E-state index contributed by atoms with van der Waals surface area (Å²) in [4.78, 5) is 13.5. The van der Waals surface area contributed by atoms with Crippen LogP contribution in [0.15, 0.2) is 30.3 Å². The summed E-state index contributed by atoms with van der Waals surface area (Å²) in [6, 6.07) is 8.76. The van der Waals surface area contributed by atoms with E-state index in [1.165, 1.54) is 0 Å². The van der Waals surface area contributed by atoms with E-state index in [-0.39, 0.29) is 5.91 Å². The predicted molar refractivity (Wildman–Crippen MR) is 71.7 cm³/mol. The molecule has 1 atom stereocenters. The van der Waals surface area contributed by atoms with Crippen LogP contribution in [0, 0.1) is 0 Å². The number of rotatable bonds is 3. The van der Waals surface area contributed by atoms with Gasteiger partial charge in [0.05, 0.1) is 0 Å². The molecule has 1 amide bonds. The largest absolute Gasteiger partial charge is 0.332 e. The maximum absolute atomic E-state index is 11.9. The van der Waals surface area contributed by atoms with E-state index in [1.54, 1.807) is 43.3 Å². The molecule has 0 saturated heterocycles. The molecule has 6 heteroatoms. The fourth-order valence-electron chi connectivity index (χ4n) is 1.30. The van der Waals surface area contributed by atoms with Gasteiger partial charge in [0, 0.05) is 5.56 Å². The Morgan fingerprint density at radius 1 is 1.24 bits per heavy atom. The zero-order valence-electron chi connectivity index (χ0n) is 9.45. The SMILES string of the molecule is CN(C)C(NC(=O)c1ccccc1)C(Cl)(Cl)Cl. The van der Waals surface area contributed by atoms with E-state index in [0.29, 0.717) is 5.56 Å². The highest BCUT2D eigenvalue weighted by Gasteiger charge is 2.35. The van der Waals surface area contributed by atoms with Gasteiger partial charge < -0.3 is 5.32 Å². The number of carbonyl (C=O) groups is 1. The van der Waals surface area contributed by atoms with Crippen molar-refractivity contribution in [2.45, 2.75) is 9.96 Å². The van der Waals surface area contributed by atoms with Crippen LogP contribution in [0.5, 0.6) is 0 Å². The van der Waals surface area contributed by atoms with Crippen LogP contribution in [-0.2, 0) is 0 Å². The van der Waals surface area contributed by atoms with E-state index in [0.717, 1.165) is 0 Å². The highest BCUT2D eigenvalue weighted by atomic mass is 35.6. The molecule has 3 nitrogen and oxygen atoms in total. The first-order chi connectivity index (χ1) is 7.82. The van der Waals surface area contributed by atoms with Crippen molar-refractivity contribution < 1.29 is 4.79 Å². The predicted octanol–water partition coefficient (Wildman–Crippen LogP) is 2.67. The molecule has 0 bridgehead atoms. The number of nitrogens with one attached hydrogen (secondary N) is 1. The molecule has 0 aliphatic rings. The van der Waals surface area contributed by atoms with E-state index in [4.69, 9.17) is 34.8 Å². The van der Waals surface area contributed by atoms with Crippen LogP contribution in [0.3, 0.4) is 0 Å². The second-order valence-corrected chi connectivity index (χ2v) is 6.12. The Kier molecular flexibility index (Phi) is 5.07. The Morgan fingerprint density at radius 3 is 2.18 bits per heavy atom. The molecule has 0 radical (unpaired) electrons. The van der Waals surface area contributed by atoms with Crippen molar-refractivity contribution in [3.8, 4) is 0 Å². The highest BCUT2D eigenvalue weighted by molar-refractivity contribution is 6.68. The first-order valence-corrected chi connectivity index (χ1v) is 6.05. The summed E-state index contributed by atoms with van der Waals surface area (Å²) in [5.41, 5.74) is 0.522. The Morgan fingerprint density at radius 2 is 1.76 bits per heavy atom. The van der Waals surface area contributed by atoms with E-state index in [9.17, 15) is 4.79 Å². The highest BCUT2D eigenvalue weighted by Crippen LogP contribution is 2.31. The first kappa shape index (κ1) is 14.6. The van der Waals surface area contributed by atoms with Gasteiger partial charge in [0.25, 0.3) is 5.91 Å². The van der Waals surface area contributed by atoms with E-state index in [2.05, 4.69) is 5.32 Å². The molecule has 0 aliphatic carbocycles. The molecule has 1 aromatic carbocycles. The topological polar surface area (TPSA) is 32.3 Å². The monoisotopic (exact) mass is 294 g/mol. The fraction of sp³-hybridized carbons (Fsp3) is 0.364. The van der Waals surface area contributed by atoms with Crippen LogP contribution in [0.25, 0.3) is 0 Å². The van der Waals surface area contributed by atoms with Crippen LogP contribution in [0.4, 0.5) is 0 Å². The quantitative estimate of drug-likeness (QED) is 0.687. The lowest BCUT2D eigenvalue weighted by molar-refractivity contribution is 0.0892. The Labute approximate surface area is 116 Å². The van der Waals surface area contributed by atoms with Crippen molar-refractivity contribution >= 4 is 40.7 Å². The summed E-state index contributed by atoms with van der Waals surface area (Å²) < 4.78 is -1.59. The maximum Gasteiger partial charge on any atom is 0.252 e. The van der Waals surface area contributed by atoms with Gasteiger partial charge in [0.15, 0.2) is 0 Å². The van der Waals surface area contributed by atoms with Gasteiger partial charge in [-0.15, -0.1) is 0 Å². The van der Waals surface area contributed by atoms with Crippen molar-refractivity contribution in [1.82, 2.24) is 10.2 Å². The van der Waals surface area contributed by atoms with Gasteiger partial charge in [-0.05, 0) is 26.2 Å². The number of alkyl halides is 3. The molecule has 1 rings (SSSR count). The average molecular weight is 296 g/mol. The normalized spacial score (nSPS) is 13.5. The first-order valence-electron chi connectivity index (χ1n) is 4.91. The number of amides is 1. The molecule has 0 saturated carbocycles. The number of hydrogen-bond acceptors (Lipinski definition) is 2. The fourth-order valence-corrected chi connectivity index (χ4v) is 2.05. The zero-order valence-corrected chi connectivity index (χ0v) is 11.7. The summed E-state index contributed by atoms with van der Waals surface area (Å²) in [5.74, 6) is -0.282. The number of hydrogen-bond donors (Lipinski definition) is 1. The summed E-state index contributed by atoms with van der Waals surface area (Å²) in [5, 5.41) is 2.66. The summed E-state index contributed by atoms with van der Waals surface area (Å²) in [6.07, 6.45) is -0.694. The summed E-state index contributed by atoms with van der Waals surface area (Å²) in [6.45, 7) is 0. The average Bonchev–Trinajstić information content (AvgIpc) is 2.24. The van der Waals surface area contributed by atoms with Crippen molar-refractivity contribution in [3.05, 3.63) is 35.9 Å². The van der Waals surface area contributed by atoms with Gasteiger partial charge in [-0.25, -0.2) is 0 Å². The minimum atomic E-state index is -1.59. The lowest BCUT2D eigenvalue weighted by atomic mass is 10.2. The molecule has 0 aliphatic heterocycles. The van der Waals surface area contributed by atoms with E-state index < -0.39 is 9.96 Å². The minimum absolute atomic E-state index is 0.282. The summed E-state index contributed by atoms with van der Waals surface area (Å²) >= 11 is 17.4. The second kappa shape index (κ2) is 5.91. The third kappa shape index (κ3) is 4.36. The standard InChI is InChI=1S/C11H13Cl3N2O/c1-16(2)10(11(12,13)14)15-9(17)8-6-4-3-5-7-8/h3-7,10H,1-2H3,(H,15,17). The van der Waals surface area contributed by atoms with Gasteiger partial charge in [-0.2, -0.15) is 0 Å². The van der Waals surface area contributed by atoms with Crippen LogP contribution < -0.4 is 5.32 Å². The summed E-state index contributed by atoms with van der Waals surface area (Å²) in [7, 11) is 3.44. The van der Waals surface area contributed by atoms with Crippen molar-refractivity contribution in [3.63, 3.8) is 0 Å². The number of nitrogens with zero attached hydrogens (tertiary/aromatic N) is 1. The number of halogens is 3. The van der Waals surface area contributed by atoms with Crippen LogP contribution in [0.1, 0.15) is 10.4 Å². The Balaban J connectivity index is 2.79. The van der Waals surface area contributed by atoms with Crippen LogP contribution in [0.2, 0.25) is 0 Å². The Bertz CT molecular complexity index is 376. The van der Waals surface area contributed by atoms with Gasteiger partial charge in [-0.1, -0.05) is 53.0 Å². The molecule has 17 heavy (non-hydrogen) atoms. The van der Waals surface area contributed by atoms with Gasteiger partial charge in [-0.3, -0.25) is 9.69 Å². The van der Waals surface area contributed by atoms with Gasteiger partial charge in [0.2, 0.25) is 3.79 Å². The lowest BCUT2D eigenvalue weighted by Gasteiger charge is -2.31. The zero-order chi connectivity index (χ0) is 13.1. The number of carbonyl (C=O) groups excluding carboxylic acids is 1. The molecule has 1 unspecified atom stereocenters. The van der Waals surface area contributed by atoms with Gasteiger partial charge in [0.1, 0.15) is 6.17 Å². The van der Waals surface area contributed by atoms with E-state index in [1.807, 2.05) is 6.07 Å². The van der Waals surface area contributed by atoms with Crippen LogP contribution >= 0.6 is 34.8 Å². The third-order valence-electron chi connectivity index (χ3n) is 2.13. The van der Waals surface area contributed by atoms with Crippen LogP contribution in [-0.4, -0.2) is 34.9 Å². The number of benzene rings is 1.